The van der Waals surface area contributed by atoms with Crippen LogP contribution in [0, 0.1) is 5.41 Å². The molecule has 3 heteroatoms. The molecule has 1 heterocycles. The number of rotatable bonds is 4. The van der Waals surface area contributed by atoms with Gasteiger partial charge in [0.25, 0.3) is 0 Å². The van der Waals surface area contributed by atoms with E-state index in [1.807, 2.05) is 19.3 Å². The third-order valence-electron chi connectivity index (χ3n) is 2.10. The summed E-state index contributed by atoms with van der Waals surface area (Å²) in [5.41, 5.74) is 1.41. The molecule has 0 aliphatic carbocycles. The zero-order valence-corrected chi connectivity index (χ0v) is 10.6. The summed E-state index contributed by atoms with van der Waals surface area (Å²) in [6, 6.07) is 4.11. The van der Waals surface area contributed by atoms with Gasteiger partial charge in [-0.2, -0.15) is 0 Å². The molecule has 0 saturated carbocycles. The lowest BCUT2D eigenvalue weighted by atomic mass is 9.87. The molecule has 0 atom stereocenters. The summed E-state index contributed by atoms with van der Waals surface area (Å²) in [6.45, 7) is 5.49. The van der Waals surface area contributed by atoms with Gasteiger partial charge in [0, 0.05) is 22.9 Å². The molecule has 0 aliphatic rings. The maximum absolute atomic E-state index is 4.37. The number of hydrogen-bond donors (Lipinski definition) is 1. The van der Waals surface area contributed by atoms with Crippen molar-refractivity contribution in [2.24, 2.45) is 5.41 Å². The monoisotopic (exact) mass is 256 g/mol. The van der Waals surface area contributed by atoms with E-state index in [9.17, 15) is 0 Å². The molecule has 0 amide bonds. The second-order valence-corrected chi connectivity index (χ2v) is 5.25. The Morgan fingerprint density at radius 2 is 2.14 bits per heavy atom. The smallest absolute Gasteiger partial charge is 0.0413 e. The average molecular weight is 257 g/mol. The minimum atomic E-state index is 0.260. The highest BCUT2D eigenvalue weighted by Gasteiger charge is 2.17. The molecule has 78 valence electrons. The Hall–Kier alpha value is -0.410. The van der Waals surface area contributed by atoms with Gasteiger partial charge in [-0.1, -0.05) is 13.8 Å². The van der Waals surface area contributed by atoms with E-state index in [1.54, 1.807) is 0 Å². The molecular formula is C11H17BrN2. The van der Waals surface area contributed by atoms with Crippen LogP contribution in [0.1, 0.15) is 19.5 Å². The van der Waals surface area contributed by atoms with Crippen molar-refractivity contribution in [2.45, 2.75) is 20.3 Å². The van der Waals surface area contributed by atoms with E-state index >= 15 is 0 Å². The van der Waals surface area contributed by atoms with Gasteiger partial charge in [-0.3, -0.25) is 4.98 Å². The van der Waals surface area contributed by atoms with Crippen molar-refractivity contribution in [2.75, 3.05) is 13.6 Å². The Balaban J connectivity index is 2.64. The van der Waals surface area contributed by atoms with E-state index in [1.165, 1.54) is 0 Å². The van der Waals surface area contributed by atoms with Crippen molar-refractivity contribution in [3.05, 3.63) is 28.5 Å². The highest BCUT2D eigenvalue weighted by Crippen LogP contribution is 2.20. The van der Waals surface area contributed by atoms with Crippen LogP contribution in [-0.2, 0) is 6.42 Å². The molecule has 0 aromatic carbocycles. The van der Waals surface area contributed by atoms with Crippen molar-refractivity contribution in [3.63, 3.8) is 0 Å². The number of halogens is 1. The van der Waals surface area contributed by atoms with Crippen molar-refractivity contribution in [1.82, 2.24) is 10.3 Å². The van der Waals surface area contributed by atoms with Gasteiger partial charge in [0.1, 0.15) is 0 Å². The summed E-state index contributed by atoms with van der Waals surface area (Å²) in [6.07, 6.45) is 2.85. The third-order valence-corrected chi connectivity index (χ3v) is 2.57. The van der Waals surface area contributed by atoms with Crippen molar-refractivity contribution < 1.29 is 0 Å². The minimum Gasteiger partial charge on any atom is -0.319 e. The molecule has 1 aromatic heterocycles. The summed E-state index contributed by atoms with van der Waals surface area (Å²) >= 11 is 3.38. The quantitative estimate of drug-likeness (QED) is 0.896. The maximum Gasteiger partial charge on any atom is 0.0413 e. The van der Waals surface area contributed by atoms with E-state index in [-0.39, 0.29) is 5.41 Å². The van der Waals surface area contributed by atoms with E-state index in [0.29, 0.717) is 0 Å². The first kappa shape index (κ1) is 11.7. The molecule has 2 nitrogen and oxygen atoms in total. The second kappa shape index (κ2) is 4.89. The lowest BCUT2D eigenvalue weighted by Gasteiger charge is -2.23. The molecule has 1 rings (SSSR count). The summed E-state index contributed by atoms with van der Waals surface area (Å²) in [4.78, 5) is 4.37. The number of nitrogens with one attached hydrogen (secondary N) is 1. The van der Waals surface area contributed by atoms with Gasteiger partial charge in [0.2, 0.25) is 0 Å². The van der Waals surface area contributed by atoms with E-state index < -0.39 is 0 Å². The van der Waals surface area contributed by atoms with Gasteiger partial charge in [-0.25, -0.2) is 0 Å². The van der Waals surface area contributed by atoms with Gasteiger partial charge < -0.3 is 5.32 Å². The molecule has 0 saturated heterocycles. The standard InChI is InChI=1S/C11H17BrN2/c1-11(2,8-13-3)6-10-5-4-9(12)7-14-10/h4-5,7,13H,6,8H2,1-3H3. The predicted molar refractivity (Wildman–Crippen MR) is 63.3 cm³/mol. The van der Waals surface area contributed by atoms with Crippen LogP contribution in [0.5, 0.6) is 0 Å². The third kappa shape index (κ3) is 3.76. The van der Waals surface area contributed by atoms with Crippen LogP contribution in [0.2, 0.25) is 0 Å². The normalized spacial score (nSPS) is 11.7. The van der Waals surface area contributed by atoms with Crippen LogP contribution in [0.3, 0.4) is 0 Å². The molecule has 0 spiro atoms. The lowest BCUT2D eigenvalue weighted by Crippen LogP contribution is -2.28. The molecule has 0 radical (unpaired) electrons. The molecule has 1 aromatic rings. The predicted octanol–water partition coefficient (Wildman–Crippen LogP) is 2.63. The first-order valence-electron chi connectivity index (χ1n) is 4.78. The summed E-state index contributed by atoms with van der Waals surface area (Å²) in [5, 5.41) is 3.20. The molecule has 0 unspecified atom stereocenters. The van der Waals surface area contributed by atoms with Crippen molar-refractivity contribution in [3.8, 4) is 0 Å². The molecule has 1 N–H and O–H groups in total. The molecule has 0 aliphatic heterocycles. The van der Waals surface area contributed by atoms with Crippen LogP contribution in [0.15, 0.2) is 22.8 Å². The first-order chi connectivity index (χ1) is 6.53. The van der Waals surface area contributed by atoms with Gasteiger partial charge in [0.05, 0.1) is 0 Å². The lowest BCUT2D eigenvalue weighted by molar-refractivity contribution is 0.346. The van der Waals surface area contributed by atoms with Crippen molar-refractivity contribution in [1.29, 1.82) is 0 Å². The van der Waals surface area contributed by atoms with Crippen LogP contribution < -0.4 is 5.32 Å². The molecule has 0 bridgehead atoms. The number of aromatic nitrogens is 1. The fourth-order valence-corrected chi connectivity index (χ4v) is 1.78. The molecule has 14 heavy (non-hydrogen) atoms. The SMILES string of the molecule is CNCC(C)(C)Cc1ccc(Br)cn1. The average Bonchev–Trinajstić information content (AvgIpc) is 2.08. The highest BCUT2D eigenvalue weighted by molar-refractivity contribution is 9.10. The Labute approximate surface area is 94.3 Å². The van der Waals surface area contributed by atoms with Crippen LogP contribution in [0.4, 0.5) is 0 Å². The largest absolute Gasteiger partial charge is 0.319 e. The maximum atomic E-state index is 4.37. The summed E-state index contributed by atoms with van der Waals surface area (Å²) < 4.78 is 1.03. The van der Waals surface area contributed by atoms with E-state index in [0.717, 1.165) is 23.1 Å². The van der Waals surface area contributed by atoms with Gasteiger partial charge >= 0.3 is 0 Å². The molecular weight excluding hydrogens is 240 g/mol. The Morgan fingerprint density at radius 1 is 1.43 bits per heavy atom. The van der Waals surface area contributed by atoms with Crippen LogP contribution in [0.25, 0.3) is 0 Å². The van der Waals surface area contributed by atoms with Gasteiger partial charge in [-0.05, 0) is 46.9 Å². The van der Waals surface area contributed by atoms with Gasteiger partial charge in [-0.15, -0.1) is 0 Å². The van der Waals surface area contributed by atoms with E-state index in [2.05, 4.69) is 46.1 Å². The number of pyridine rings is 1. The molecule has 0 fully saturated rings. The Bertz CT molecular complexity index is 280. The minimum absolute atomic E-state index is 0.260. The highest BCUT2D eigenvalue weighted by atomic mass is 79.9. The van der Waals surface area contributed by atoms with Crippen molar-refractivity contribution >= 4 is 15.9 Å². The fourth-order valence-electron chi connectivity index (χ4n) is 1.54. The summed E-state index contributed by atoms with van der Waals surface area (Å²) in [7, 11) is 1.98. The van der Waals surface area contributed by atoms with E-state index in [4.69, 9.17) is 0 Å². The van der Waals surface area contributed by atoms with Crippen LogP contribution >= 0.6 is 15.9 Å². The fraction of sp³-hybridized carbons (Fsp3) is 0.545. The Kier molecular flexibility index (Phi) is 4.08. The summed E-state index contributed by atoms with van der Waals surface area (Å²) in [5.74, 6) is 0. The first-order valence-corrected chi connectivity index (χ1v) is 5.58. The zero-order valence-electron chi connectivity index (χ0n) is 8.97. The zero-order chi connectivity index (χ0) is 10.6. The number of nitrogens with zero attached hydrogens (tertiary/aromatic N) is 1. The topological polar surface area (TPSA) is 24.9 Å². The van der Waals surface area contributed by atoms with Crippen LogP contribution in [-0.4, -0.2) is 18.6 Å². The Morgan fingerprint density at radius 3 is 2.64 bits per heavy atom. The van der Waals surface area contributed by atoms with Gasteiger partial charge in [0.15, 0.2) is 0 Å². The number of hydrogen-bond acceptors (Lipinski definition) is 2. The second-order valence-electron chi connectivity index (χ2n) is 4.34.